The molecule has 256 valence electrons. The third-order valence-corrected chi connectivity index (χ3v) is 7.41. The number of aliphatic imine (C=N–C) groups is 1. The van der Waals surface area contributed by atoms with Crippen LogP contribution in [0, 0.1) is 13.8 Å². The van der Waals surface area contributed by atoms with Crippen molar-refractivity contribution in [1.82, 2.24) is 0 Å². The summed E-state index contributed by atoms with van der Waals surface area (Å²) in [6.07, 6.45) is 6.97. The molecule has 0 heterocycles. The van der Waals surface area contributed by atoms with Crippen molar-refractivity contribution in [2.75, 3.05) is 6.54 Å². The molecule has 0 saturated carbocycles. The molecule has 2 N–H and O–H groups in total. The van der Waals surface area contributed by atoms with Crippen LogP contribution in [0.2, 0.25) is 0 Å². The van der Waals surface area contributed by atoms with Gasteiger partial charge in [0.15, 0.2) is 0 Å². The van der Waals surface area contributed by atoms with Crippen LogP contribution in [0.3, 0.4) is 0 Å². The molecule has 0 unspecified atom stereocenters. The van der Waals surface area contributed by atoms with Gasteiger partial charge in [-0.05, 0) is 100 Å². The van der Waals surface area contributed by atoms with Crippen LogP contribution in [0.25, 0.3) is 0 Å². The molecular weight excluding hydrogens is 598 g/mol. The van der Waals surface area contributed by atoms with Crippen LogP contribution in [-0.2, 0) is 35.3 Å². The largest absolute Gasteiger partial charge is 0.323 e. The molecule has 0 fully saturated rings. The van der Waals surface area contributed by atoms with Gasteiger partial charge in [0.25, 0.3) is 5.24 Å². The fourth-order valence-electron chi connectivity index (χ4n) is 4.97. The van der Waals surface area contributed by atoms with Crippen LogP contribution in [0.15, 0.2) is 34.4 Å². The lowest BCUT2D eigenvalue weighted by Crippen LogP contribution is -2.21. The Morgan fingerprint density at radius 2 is 1.00 bits per heavy atom. The van der Waals surface area contributed by atoms with E-state index >= 15 is 0 Å². The quantitative estimate of drug-likeness (QED) is 0.0544. The van der Waals surface area contributed by atoms with Gasteiger partial charge in [-0.1, -0.05) is 97.2 Å². The van der Waals surface area contributed by atoms with Crippen LogP contribution in [-0.4, -0.2) is 40.6 Å². The lowest BCUT2D eigenvalue weighted by molar-refractivity contribution is -0.113. The summed E-state index contributed by atoms with van der Waals surface area (Å²) in [5.41, 5.74) is 9.02. The van der Waals surface area contributed by atoms with Crippen LogP contribution < -0.4 is 5.84 Å². The van der Waals surface area contributed by atoms with Crippen LogP contribution in [0.4, 0.5) is 0 Å². The Bertz CT molecular complexity index is 1330. The number of nitrogens with zero attached hydrogens (tertiary/aromatic N) is 2. The van der Waals surface area contributed by atoms with Crippen molar-refractivity contribution in [3.05, 3.63) is 68.8 Å². The zero-order valence-corrected chi connectivity index (χ0v) is 29.9. The first kappa shape index (κ1) is 44.7. The Hall–Kier alpha value is -3.45. The third kappa shape index (κ3) is 14.8. The van der Waals surface area contributed by atoms with Gasteiger partial charge in [-0.25, -0.2) is 0 Å². The summed E-state index contributed by atoms with van der Waals surface area (Å²) in [6, 6.07) is 7.88. The van der Waals surface area contributed by atoms with E-state index < -0.39 is 16.8 Å². The van der Waals surface area contributed by atoms with Crippen molar-refractivity contribution < 1.29 is 19.2 Å². The Morgan fingerprint density at radius 1 is 0.652 bits per heavy atom. The molecule has 0 atom stereocenters. The van der Waals surface area contributed by atoms with E-state index in [1.54, 1.807) is 0 Å². The standard InChI is InChI=1S/C19H27NO2.C13H15ClO2.C5H12N2.CH4/c1-6-9-14(5)20-12-17(21)19(22)18-15(7-2)10-13(4)11-16(18)8-3;1-4-9-6-8(3)7-10(5-2)11(9)12(15)13(14)16;1-3-4-5(2)7-6;/h10-11H,6-9,12H2,1-5H3;6-7H,4-5H2,1-3H3;3-4,6H2,1-2H3;1H4. The Balaban J connectivity index is 0. The first-order valence-corrected chi connectivity index (χ1v) is 16.4. The second-order valence-electron chi connectivity index (χ2n) is 11.1. The maximum absolute atomic E-state index is 12.6. The van der Waals surface area contributed by atoms with Crippen LogP contribution in [0.5, 0.6) is 0 Å². The molecule has 0 spiro atoms. The number of aryl methyl sites for hydroxylation is 6. The van der Waals surface area contributed by atoms with E-state index in [0.29, 0.717) is 11.1 Å². The van der Waals surface area contributed by atoms with Crippen molar-refractivity contribution in [3.63, 3.8) is 0 Å². The number of nitrogens with two attached hydrogens (primary N) is 1. The minimum atomic E-state index is -0.909. The highest BCUT2D eigenvalue weighted by Gasteiger charge is 2.22. The topological polar surface area (TPSA) is 119 Å². The van der Waals surface area contributed by atoms with Gasteiger partial charge in [0.2, 0.25) is 17.3 Å². The van der Waals surface area contributed by atoms with Crippen molar-refractivity contribution in [1.29, 1.82) is 0 Å². The molecule has 46 heavy (non-hydrogen) atoms. The average Bonchev–Trinajstić information content (AvgIpc) is 3.02. The Morgan fingerprint density at radius 3 is 1.28 bits per heavy atom. The predicted octanol–water partition coefficient (Wildman–Crippen LogP) is 8.96. The SMILES string of the molecule is C.CCCC(C)=NCC(=O)C(=O)c1c(CC)cc(C)cc1CC.CCCC(C)=NN.CCc1cc(C)cc(CC)c1C(=O)C(=O)Cl. The monoisotopic (exact) mass is 655 g/mol. The van der Waals surface area contributed by atoms with Gasteiger partial charge in [0, 0.05) is 22.6 Å². The van der Waals surface area contributed by atoms with Gasteiger partial charge in [0.1, 0.15) is 6.54 Å². The number of hydrazone groups is 1. The van der Waals surface area contributed by atoms with E-state index in [1.807, 2.05) is 79.7 Å². The number of carbonyl (C=O) groups excluding carboxylic acids is 4. The van der Waals surface area contributed by atoms with Gasteiger partial charge >= 0.3 is 0 Å². The molecule has 0 aromatic heterocycles. The lowest BCUT2D eigenvalue weighted by atomic mass is 9.91. The summed E-state index contributed by atoms with van der Waals surface area (Å²) < 4.78 is 0. The van der Waals surface area contributed by atoms with Crippen molar-refractivity contribution in [2.24, 2.45) is 15.9 Å². The summed E-state index contributed by atoms with van der Waals surface area (Å²) in [7, 11) is 0. The Kier molecular flexibility index (Phi) is 23.1. The predicted molar refractivity (Wildman–Crippen MR) is 196 cm³/mol. The maximum atomic E-state index is 12.6. The van der Waals surface area contributed by atoms with E-state index in [1.165, 1.54) is 0 Å². The van der Waals surface area contributed by atoms with E-state index in [-0.39, 0.29) is 19.8 Å². The van der Waals surface area contributed by atoms with Gasteiger partial charge in [0.05, 0.1) is 0 Å². The fourth-order valence-corrected chi connectivity index (χ4v) is 5.06. The highest BCUT2D eigenvalue weighted by molar-refractivity contribution is 6.83. The number of benzene rings is 2. The highest BCUT2D eigenvalue weighted by atomic mass is 35.5. The highest BCUT2D eigenvalue weighted by Crippen LogP contribution is 2.22. The molecule has 0 amide bonds. The summed E-state index contributed by atoms with van der Waals surface area (Å²) >= 11 is 5.27. The van der Waals surface area contributed by atoms with Crippen LogP contribution in [0.1, 0.15) is 143 Å². The molecule has 0 saturated heterocycles. The van der Waals surface area contributed by atoms with E-state index in [4.69, 9.17) is 17.4 Å². The minimum Gasteiger partial charge on any atom is -0.323 e. The van der Waals surface area contributed by atoms with Crippen molar-refractivity contribution in [2.45, 2.75) is 128 Å². The smallest absolute Gasteiger partial charge is 0.293 e. The van der Waals surface area contributed by atoms with E-state index in [0.717, 1.165) is 96.2 Å². The summed E-state index contributed by atoms with van der Waals surface area (Å²) in [5, 5.41) is 2.59. The number of Topliss-reactive ketones (excluding diaryl/α,β-unsaturated/α-hetero) is 3. The molecule has 0 bridgehead atoms. The number of rotatable bonds is 14. The third-order valence-electron chi connectivity index (χ3n) is 7.24. The lowest BCUT2D eigenvalue weighted by Gasteiger charge is -2.13. The second-order valence-corrected chi connectivity index (χ2v) is 11.4. The summed E-state index contributed by atoms with van der Waals surface area (Å²) in [4.78, 5) is 51.7. The summed E-state index contributed by atoms with van der Waals surface area (Å²) in [5.74, 6) is 3.56. The summed E-state index contributed by atoms with van der Waals surface area (Å²) in [6.45, 7) is 19.9. The number of hydrogen-bond acceptors (Lipinski definition) is 7. The molecule has 2 aromatic rings. The Labute approximate surface area is 283 Å². The van der Waals surface area contributed by atoms with E-state index in [9.17, 15) is 19.2 Å². The van der Waals surface area contributed by atoms with Crippen LogP contribution >= 0.6 is 11.6 Å². The number of carbonyl (C=O) groups is 4. The van der Waals surface area contributed by atoms with Gasteiger partial charge in [-0.2, -0.15) is 5.10 Å². The minimum absolute atomic E-state index is 0. The van der Waals surface area contributed by atoms with E-state index in [2.05, 4.69) is 23.9 Å². The molecule has 0 radical (unpaired) electrons. The number of halogens is 1. The molecule has 7 nitrogen and oxygen atoms in total. The zero-order valence-electron chi connectivity index (χ0n) is 29.2. The molecule has 0 aliphatic carbocycles. The molecule has 2 aromatic carbocycles. The van der Waals surface area contributed by atoms with Gasteiger partial charge in [-0.15, -0.1) is 0 Å². The molecule has 2 rings (SSSR count). The number of hydrogen-bond donors (Lipinski definition) is 1. The average molecular weight is 656 g/mol. The maximum Gasteiger partial charge on any atom is 0.293 e. The van der Waals surface area contributed by atoms with Crippen molar-refractivity contribution in [3.8, 4) is 0 Å². The van der Waals surface area contributed by atoms with Gasteiger partial charge < -0.3 is 5.84 Å². The second kappa shape index (κ2) is 23.8. The normalized spacial score (nSPS) is 10.9. The molecular formula is C38H58ClN3O4. The first-order valence-electron chi connectivity index (χ1n) is 16.1. The molecule has 8 heteroatoms. The van der Waals surface area contributed by atoms with Gasteiger partial charge in [-0.3, -0.25) is 24.2 Å². The molecule has 0 aliphatic rings. The van der Waals surface area contributed by atoms with Crippen molar-refractivity contribution >= 4 is 45.6 Å². The first-order chi connectivity index (χ1) is 21.3. The molecule has 0 aliphatic heterocycles. The number of ketones is 3. The fraction of sp³-hybridized carbons (Fsp3) is 0.526. The zero-order chi connectivity index (χ0) is 34.7.